The topological polar surface area (TPSA) is 114 Å². The molecule has 1 aromatic heterocycles. The smallest absolute Gasteiger partial charge is 0.260 e. The number of amidine groups is 1. The predicted molar refractivity (Wildman–Crippen MR) is 78.2 cm³/mol. The van der Waals surface area contributed by atoms with Crippen LogP contribution in [0.15, 0.2) is 11.2 Å². The Labute approximate surface area is 120 Å². The molecule has 0 aliphatic heterocycles. The van der Waals surface area contributed by atoms with Crippen molar-refractivity contribution in [2.75, 3.05) is 0 Å². The van der Waals surface area contributed by atoms with Crippen molar-refractivity contribution in [2.24, 2.45) is 5.73 Å². The Morgan fingerprint density at radius 2 is 2.15 bits per heavy atom. The van der Waals surface area contributed by atoms with Crippen LogP contribution in [0.2, 0.25) is 0 Å². The highest BCUT2D eigenvalue weighted by Crippen LogP contribution is 2.16. The van der Waals surface area contributed by atoms with Gasteiger partial charge in [0.1, 0.15) is 11.7 Å². The molecule has 20 heavy (non-hydrogen) atoms. The summed E-state index contributed by atoms with van der Waals surface area (Å²) < 4.78 is 28.9. The molecule has 0 radical (unpaired) electrons. The van der Waals surface area contributed by atoms with Crippen LogP contribution in [0.5, 0.6) is 0 Å². The molecule has 1 heterocycles. The zero-order chi connectivity index (χ0) is 15.6. The fourth-order valence-electron chi connectivity index (χ4n) is 1.74. The lowest BCUT2D eigenvalue weighted by atomic mass is 10.00. The van der Waals surface area contributed by atoms with Crippen LogP contribution in [-0.4, -0.2) is 29.3 Å². The van der Waals surface area contributed by atoms with Gasteiger partial charge in [-0.1, -0.05) is 13.8 Å². The lowest BCUT2D eigenvalue weighted by Crippen LogP contribution is -2.54. The van der Waals surface area contributed by atoms with Crippen LogP contribution >= 0.6 is 0 Å². The van der Waals surface area contributed by atoms with Gasteiger partial charge in [-0.25, -0.2) is 13.4 Å². The molecule has 7 nitrogen and oxygen atoms in total. The largest absolute Gasteiger partial charge is 0.386 e. The number of nitrogens with one attached hydrogen (secondary N) is 2. The molecule has 0 bridgehead atoms. The number of aryl methyl sites for hydroxylation is 2. The number of rotatable bonds is 7. The Morgan fingerprint density at radius 1 is 1.55 bits per heavy atom. The van der Waals surface area contributed by atoms with E-state index in [1.54, 1.807) is 25.3 Å². The van der Waals surface area contributed by atoms with Gasteiger partial charge in [0.15, 0.2) is 5.03 Å². The van der Waals surface area contributed by atoms with Crippen LogP contribution in [0.25, 0.3) is 0 Å². The maximum Gasteiger partial charge on any atom is 0.260 e. The van der Waals surface area contributed by atoms with E-state index in [4.69, 9.17) is 11.1 Å². The summed E-state index contributed by atoms with van der Waals surface area (Å²) >= 11 is 0. The number of nitrogens with zero attached hydrogens (tertiary/aromatic N) is 2. The van der Waals surface area contributed by atoms with Crippen molar-refractivity contribution in [3.05, 3.63) is 12.0 Å². The molecule has 1 aromatic rings. The lowest BCUT2D eigenvalue weighted by Gasteiger charge is -2.27. The van der Waals surface area contributed by atoms with Crippen LogP contribution in [0.1, 0.15) is 39.4 Å². The quantitative estimate of drug-likeness (QED) is 0.514. The fourth-order valence-corrected chi connectivity index (χ4v) is 3.21. The normalized spacial score (nSPS) is 15.0. The van der Waals surface area contributed by atoms with Gasteiger partial charge in [-0.05, 0) is 26.7 Å². The van der Waals surface area contributed by atoms with Gasteiger partial charge in [-0.2, -0.15) is 4.72 Å². The predicted octanol–water partition coefficient (Wildman–Crippen LogP) is 0.984. The van der Waals surface area contributed by atoms with Crippen molar-refractivity contribution in [2.45, 2.75) is 57.6 Å². The fraction of sp³-hybridized carbons (Fsp3) is 0.667. The van der Waals surface area contributed by atoms with Gasteiger partial charge in [-0.3, -0.25) is 5.41 Å². The molecule has 0 amide bonds. The van der Waals surface area contributed by atoms with Crippen molar-refractivity contribution in [3.8, 4) is 0 Å². The van der Waals surface area contributed by atoms with Gasteiger partial charge in [0.05, 0.1) is 5.54 Å². The zero-order valence-corrected chi connectivity index (χ0v) is 13.2. The molecule has 0 spiro atoms. The SMILES string of the molecule is CCCn1cc(S(=O)(=O)NC(C)(CC)C(=N)N)nc1C. The second-order valence-corrected chi connectivity index (χ2v) is 6.65. The van der Waals surface area contributed by atoms with E-state index in [-0.39, 0.29) is 10.9 Å². The van der Waals surface area contributed by atoms with Gasteiger partial charge in [0, 0.05) is 12.7 Å². The molecule has 8 heteroatoms. The first kappa shape index (κ1) is 16.6. The third kappa shape index (κ3) is 3.37. The summed E-state index contributed by atoms with van der Waals surface area (Å²) in [5.74, 6) is 0.432. The molecule has 1 unspecified atom stereocenters. The number of imidazole rings is 1. The summed E-state index contributed by atoms with van der Waals surface area (Å²) in [5, 5.41) is 7.49. The molecule has 114 valence electrons. The molecular formula is C12H23N5O2S. The second kappa shape index (κ2) is 5.92. The summed E-state index contributed by atoms with van der Waals surface area (Å²) in [5.41, 5.74) is 4.38. The van der Waals surface area contributed by atoms with Gasteiger partial charge in [0.2, 0.25) is 0 Å². The summed E-state index contributed by atoms with van der Waals surface area (Å²) in [4.78, 5) is 4.08. The van der Waals surface area contributed by atoms with E-state index in [1.165, 1.54) is 6.20 Å². The van der Waals surface area contributed by atoms with Crippen LogP contribution in [-0.2, 0) is 16.6 Å². The third-order valence-electron chi connectivity index (χ3n) is 3.35. The van der Waals surface area contributed by atoms with Crippen LogP contribution in [0.3, 0.4) is 0 Å². The maximum atomic E-state index is 12.3. The highest BCUT2D eigenvalue weighted by Gasteiger charge is 2.33. The monoisotopic (exact) mass is 301 g/mol. The number of hydrogen-bond acceptors (Lipinski definition) is 4. The van der Waals surface area contributed by atoms with Gasteiger partial charge in [-0.15, -0.1) is 0 Å². The van der Waals surface area contributed by atoms with Gasteiger partial charge >= 0.3 is 0 Å². The Morgan fingerprint density at radius 3 is 2.60 bits per heavy atom. The maximum absolute atomic E-state index is 12.3. The molecule has 0 aromatic carbocycles. The highest BCUT2D eigenvalue weighted by atomic mass is 32.2. The summed E-state index contributed by atoms with van der Waals surface area (Å²) in [7, 11) is -3.80. The molecule has 0 aliphatic rings. The molecule has 1 atom stereocenters. The summed E-state index contributed by atoms with van der Waals surface area (Å²) in [6, 6.07) is 0. The van der Waals surface area contributed by atoms with E-state index in [9.17, 15) is 8.42 Å². The molecule has 0 saturated carbocycles. The Hall–Kier alpha value is -1.41. The molecule has 4 N–H and O–H groups in total. The van der Waals surface area contributed by atoms with Crippen molar-refractivity contribution in [1.29, 1.82) is 5.41 Å². The van der Waals surface area contributed by atoms with E-state index < -0.39 is 15.6 Å². The van der Waals surface area contributed by atoms with Crippen LogP contribution < -0.4 is 10.5 Å². The van der Waals surface area contributed by atoms with Crippen molar-refractivity contribution >= 4 is 15.9 Å². The van der Waals surface area contributed by atoms with E-state index in [0.29, 0.717) is 18.8 Å². The lowest BCUT2D eigenvalue weighted by molar-refractivity contribution is 0.503. The summed E-state index contributed by atoms with van der Waals surface area (Å²) in [6.45, 7) is 7.84. The first-order valence-electron chi connectivity index (χ1n) is 6.58. The van der Waals surface area contributed by atoms with Crippen molar-refractivity contribution in [1.82, 2.24) is 14.3 Å². The van der Waals surface area contributed by atoms with Crippen LogP contribution in [0, 0.1) is 12.3 Å². The van der Waals surface area contributed by atoms with Gasteiger partial charge < -0.3 is 10.3 Å². The number of nitrogens with two attached hydrogens (primary N) is 1. The van der Waals surface area contributed by atoms with E-state index >= 15 is 0 Å². The average Bonchev–Trinajstić information content (AvgIpc) is 2.71. The number of hydrogen-bond donors (Lipinski definition) is 3. The number of sulfonamides is 1. The minimum atomic E-state index is -3.80. The van der Waals surface area contributed by atoms with E-state index in [1.807, 2.05) is 6.92 Å². The Bertz CT molecular complexity index is 593. The average molecular weight is 301 g/mol. The van der Waals surface area contributed by atoms with Gasteiger partial charge in [0.25, 0.3) is 10.0 Å². The molecule has 0 fully saturated rings. The highest BCUT2D eigenvalue weighted by molar-refractivity contribution is 7.89. The third-order valence-corrected chi connectivity index (χ3v) is 4.82. The minimum Gasteiger partial charge on any atom is -0.386 e. The van der Waals surface area contributed by atoms with Crippen molar-refractivity contribution < 1.29 is 8.42 Å². The van der Waals surface area contributed by atoms with E-state index in [0.717, 1.165) is 6.42 Å². The Balaban J connectivity index is 3.11. The zero-order valence-electron chi connectivity index (χ0n) is 12.4. The summed E-state index contributed by atoms with van der Waals surface area (Å²) in [6.07, 6.45) is 2.79. The first-order valence-corrected chi connectivity index (χ1v) is 8.07. The van der Waals surface area contributed by atoms with Crippen LogP contribution in [0.4, 0.5) is 0 Å². The molecule has 1 rings (SSSR count). The molecule has 0 saturated heterocycles. The first-order chi connectivity index (χ1) is 9.16. The van der Waals surface area contributed by atoms with E-state index in [2.05, 4.69) is 9.71 Å². The minimum absolute atomic E-state index is 0.0376. The number of aromatic nitrogens is 2. The van der Waals surface area contributed by atoms with Crippen molar-refractivity contribution in [3.63, 3.8) is 0 Å². The standard InChI is InChI=1S/C12H23N5O2S/c1-5-7-17-8-10(15-9(17)3)20(18,19)16-12(4,6-2)11(13)14/h8,16H,5-7H2,1-4H3,(H3,13,14). The second-order valence-electron chi connectivity index (χ2n) is 5.02. The molecule has 0 aliphatic carbocycles. The molecular weight excluding hydrogens is 278 g/mol. The Kier molecular flexibility index (Phi) is 4.93.